The molecule has 3 aromatic carbocycles. The van der Waals surface area contributed by atoms with Crippen LogP contribution >= 0.6 is 0 Å². The topological polar surface area (TPSA) is 79.5 Å². The lowest BCUT2D eigenvalue weighted by molar-refractivity contribution is -0.151. The van der Waals surface area contributed by atoms with Crippen molar-refractivity contribution in [3.8, 4) is 0 Å². The molecule has 0 unspecified atom stereocenters. The Morgan fingerprint density at radius 2 is 1.69 bits per heavy atom. The van der Waals surface area contributed by atoms with Gasteiger partial charge in [-0.2, -0.15) is 0 Å². The zero-order valence-corrected chi connectivity index (χ0v) is 18.2. The van der Waals surface area contributed by atoms with Gasteiger partial charge < -0.3 is 20.7 Å². The van der Waals surface area contributed by atoms with E-state index >= 15 is 0 Å². The number of hydrogen-bond donors (Lipinski definition) is 3. The summed E-state index contributed by atoms with van der Waals surface area (Å²) in [5.74, 6) is -1.57. The number of hydrogen-bond acceptors (Lipinski definition) is 5. The van der Waals surface area contributed by atoms with Gasteiger partial charge in [0.25, 0.3) is 5.91 Å². The molecule has 2 heterocycles. The van der Waals surface area contributed by atoms with Crippen LogP contribution in [0.4, 0.5) is 17.1 Å². The van der Waals surface area contributed by atoms with Gasteiger partial charge in [0, 0.05) is 22.6 Å². The van der Waals surface area contributed by atoms with Gasteiger partial charge in [-0.1, -0.05) is 53.6 Å². The Morgan fingerprint density at radius 1 is 0.969 bits per heavy atom. The summed E-state index contributed by atoms with van der Waals surface area (Å²) in [5, 5.41) is 9.95. The first kappa shape index (κ1) is 20.1. The smallest absolute Gasteiger partial charge is 0.314 e. The standard InChI is InChI=1S/C26H25N3O3/c1-15-8-11-17(12-9-15)27-23-18-14-16(2)10-13-20(18)29-26(22(23)24(30)32-3)19-6-4-5-7-21(19)28-25(26)31/h4-14,22-23,27,29H,1-3H3,(H,28,31)/t22-,23-,26-/m1/s1. The molecule has 3 N–H and O–H groups in total. The van der Waals surface area contributed by atoms with E-state index < -0.39 is 23.5 Å². The summed E-state index contributed by atoms with van der Waals surface area (Å²) in [5.41, 5.74) is 4.95. The third kappa shape index (κ3) is 2.94. The Labute approximate surface area is 187 Å². The van der Waals surface area contributed by atoms with Gasteiger partial charge in [-0.05, 0) is 43.7 Å². The molecule has 6 heteroatoms. The first-order valence-electron chi connectivity index (χ1n) is 10.6. The zero-order chi connectivity index (χ0) is 22.5. The van der Waals surface area contributed by atoms with Crippen molar-refractivity contribution in [2.45, 2.75) is 25.4 Å². The minimum atomic E-state index is -1.30. The monoisotopic (exact) mass is 427 g/mol. The Morgan fingerprint density at radius 3 is 2.44 bits per heavy atom. The van der Waals surface area contributed by atoms with E-state index in [0.29, 0.717) is 5.69 Å². The molecule has 162 valence electrons. The second kappa shape index (κ2) is 7.41. The van der Waals surface area contributed by atoms with Crippen molar-refractivity contribution in [1.82, 2.24) is 0 Å². The number of rotatable bonds is 3. The second-order valence-electron chi connectivity index (χ2n) is 8.51. The predicted octanol–water partition coefficient (Wildman–Crippen LogP) is 4.52. The molecule has 2 aliphatic heterocycles. The molecule has 1 spiro atoms. The molecule has 5 rings (SSSR count). The molecule has 0 saturated carbocycles. The lowest BCUT2D eigenvalue weighted by Gasteiger charge is -2.45. The number of para-hydroxylation sites is 1. The van der Waals surface area contributed by atoms with Gasteiger partial charge in [0.2, 0.25) is 0 Å². The van der Waals surface area contributed by atoms with Crippen molar-refractivity contribution in [3.63, 3.8) is 0 Å². The van der Waals surface area contributed by atoms with Gasteiger partial charge >= 0.3 is 5.97 Å². The molecule has 0 fully saturated rings. The van der Waals surface area contributed by atoms with Crippen molar-refractivity contribution in [1.29, 1.82) is 0 Å². The quantitative estimate of drug-likeness (QED) is 0.536. The van der Waals surface area contributed by atoms with Crippen LogP contribution in [0.2, 0.25) is 0 Å². The maximum absolute atomic E-state index is 13.5. The van der Waals surface area contributed by atoms with E-state index in [2.05, 4.69) is 22.0 Å². The molecule has 0 aliphatic carbocycles. The van der Waals surface area contributed by atoms with Gasteiger partial charge in [0.05, 0.1) is 13.2 Å². The van der Waals surface area contributed by atoms with E-state index in [1.807, 2.05) is 74.5 Å². The van der Waals surface area contributed by atoms with Crippen molar-refractivity contribution in [3.05, 3.63) is 89.0 Å². The van der Waals surface area contributed by atoms with Crippen molar-refractivity contribution in [2.24, 2.45) is 5.92 Å². The maximum atomic E-state index is 13.5. The summed E-state index contributed by atoms with van der Waals surface area (Å²) in [4.78, 5) is 26.9. The van der Waals surface area contributed by atoms with Crippen LogP contribution in [-0.4, -0.2) is 19.0 Å². The van der Waals surface area contributed by atoms with Gasteiger partial charge in [-0.25, -0.2) is 0 Å². The van der Waals surface area contributed by atoms with Crippen LogP contribution in [0.15, 0.2) is 66.7 Å². The number of anilines is 3. The highest BCUT2D eigenvalue weighted by Crippen LogP contribution is 2.53. The first-order valence-corrected chi connectivity index (χ1v) is 10.6. The number of amides is 1. The van der Waals surface area contributed by atoms with Gasteiger partial charge in [-0.3, -0.25) is 9.59 Å². The highest BCUT2D eigenvalue weighted by Gasteiger charge is 2.61. The van der Waals surface area contributed by atoms with Gasteiger partial charge in [-0.15, -0.1) is 0 Å². The molecule has 6 nitrogen and oxygen atoms in total. The number of carbonyl (C=O) groups excluding carboxylic acids is 2. The molecule has 3 aromatic rings. The molecular formula is C26H25N3O3. The predicted molar refractivity (Wildman–Crippen MR) is 125 cm³/mol. The van der Waals surface area contributed by atoms with Crippen LogP contribution in [0.5, 0.6) is 0 Å². The summed E-state index contributed by atoms with van der Waals surface area (Å²) >= 11 is 0. The number of benzene rings is 3. The van der Waals surface area contributed by atoms with Crippen LogP contribution in [0.3, 0.4) is 0 Å². The van der Waals surface area contributed by atoms with E-state index in [0.717, 1.165) is 33.6 Å². The Kier molecular flexibility index (Phi) is 4.66. The highest BCUT2D eigenvalue weighted by molar-refractivity contribution is 6.11. The number of aryl methyl sites for hydroxylation is 2. The lowest BCUT2D eigenvalue weighted by atomic mass is 9.69. The SMILES string of the molecule is COC(=O)[C@H]1[C@H](Nc2ccc(C)cc2)c2cc(C)ccc2N[C@@]12C(=O)Nc1ccccc12. The number of esters is 1. The summed E-state index contributed by atoms with van der Waals surface area (Å²) < 4.78 is 5.27. The molecule has 0 bridgehead atoms. The van der Waals surface area contributed by atoms with Crippen molar-refractivity contribution < 1.29 is 14.3 Å². The van der Waals surface area contributed by atoms with Crippen LogP contribution in [0.1, 0.15) is 28.3 Å². The minimum Gasteiger partial charge on any atom is -0.469 e. The first-order chi connectivity index (χ1) is 15.4. The molecular weight excluding hydrogens is 402 g/mol. The van der Waals surface area contributed by atoms with E-state index in [1.54, 1.807) is 0 Å². The normalized spacial score (nSPS) is 23.0. The Balaban J connectivity index is 1.75. The van der Waals surface area contributed by atoms with Crippen molar-refractivity contribution >= 4 is 28.9 Å². The zero-order valence-electron chi connectivity index (χ0n) is 18.2. The largest absolute Gasteiger partial charge is 0.469 e. The Hall–Kier alpha value is -3.80. The molecule has 0 saturated heterocycles. The molecule has 3 atom stereocenters. The molecule has 0 radical (unpaired) electrons. The summed E-state index contributed by atoms with van der Waals surface area (Å²) in [6.45, 7) is 4.04. The summed E-state index contributed by atoms with van der Waals surface area (Å²) in [6.07, 6.45) is 0. The maximum Gasteiger partial charge on any atom is 0.314 e. The van der Waals surface area contributed by atoms with E-state index in [-0.39, 0.29) is 5.91 Å². The number of ether oxygens (including phenoxy) is 1. The number of methoxy groups -OCH3 is 1. The van der Waals surface area contributed by atoms with Crippen LogP contribution < -0.4 is 16.0 Å². The number of carbonyl (C=O) groups is 2. The Bertz CT molecular complexity index is 1220. The summed E-state index contributed by atoms with van der Waals surface area (Å²) in [7, 11) is 1.36. The molecule has 32 heavy (non-hydrogen) atoms. The van der Waals surface area contributed by atoms with Crippen molar-refractivity contribution in [2.75, 3.05) is 23.1 Å². The van der Waals surface area contributed by atoms with Gasteiger partial charge in [0.15, 0.2) is 5.54 Å². The third-order valence-electron chi connectivity index (χ3n) is 6.46. The van der Waals surface area contributed by atoms with Crippen LogP contribution in [0, 0.1) is 19.8 Å². The lowest BCUT2D eigenvalue weighted by Crippen LogP contribution is -2.57. The molecule has 0 aromatic heterocycles. The molecule has 1 amide bonds. The van der Waals surface area contributed by atoms with Crippen LogP contribution in [-0.2, 0) is 19.9 Å². The highest BCUT2D eigenvalue weighted by atomic mass is 16.5. The fourth-order valence-corrected chi connectivity index (χ4v) is 4.92. The average Bonchev–Trinajstić information content (AvgIpc) is 3.07. The fraction of sp³-hybridized carbons (Fsp3) is 0.231. The van der Waals surface area contributed by atoms with E-state index in [1.165, 1.54) is 7.11 Å². The number of nitrogens with one attached hydrogen (secondary N) is 3. The second-order valence-corrected chi connectivity index (χ2v) is 8.51. The fourth-order valence-electron chi connectivity index (χ4n) is 4.92. The molecule has 2 aliphatic rings. The van der Waals surface area contributed by atoms with Crippen LogP contribution in [0.25, 0.3) is 0 Å². The minimum absolute atomic E-state index is 0.268. The number of fused-ring (bicyclic) bond motifs is 3. The average molecular weight is 428 g/mol. The van der Waals surface area contributed by atoms with Gasteiger partial charge in [0.1, 0.15) is 5.92 Å². The van der Waals surface area contributed by atoms with E-state index in [9.17, 15) is 9.59 Å². The van der Waals surface area contributed by atoms with E-state index in [4.69, 9.17) is 4.74 Å². The summed E-state index contributed by atoms with van der Waals surface area (Å²) in [6, 6.07) is 21.0. The third-order valence-corrected chi connectivity index (χ3v) is 6.46.